The van der Waals surface area contributed by atoms with E-state index in [1.54, 1.807) is 46.8 Å². The topological polar surface area (TPSA) is 118 Å². The first-order valence-corrected chi connectivity index (χ1v) is 11.8. The number of carbonyl (C=O) groups excluding carboxylic acids is 2. The molecule has 1 heterocycles. The maximum absolute atomic E-state index is 13.0. The average molecular weight is 466 g/mol. The van der Waals surface area contributed by atoms with Crippen LogP contribution in [0.2, 0.25) is 0 Å². The summed E-state index contributed by atoms with van der Waals surface area (Å²) in [5.74, 6) is -1.04. The highest BCUT2D eigenvalue weighted by molar-refractivity contribution is 7.89. The summed E-state index contributed by atoms with van der Waals surface area (Å²) in [6, 6.07) is 4.74. The van der Waals surface area contributed by atoms with E-state index in [9.17, 15) is 18.0 Å². The van der Waals surface area contributed by atoms with Gasteiger partial charge >= 0.3 is 5.97 Å². The standard InChI is InChI=1S/C22H31N3O6S/c1-7-25(8-2)32(28,29)18-13-17(10-9-14(18)3)24-21(26)20-15(4)19(16(5)23-20)22(27)31-12-11-30-6/h9-10,13,23H,7-8,11-12H2,1-6H3,(H,24,26). The van der Waals surface area contributed by atoms with Crippen LogP contribution in [0.25, 0.3) is 0 Å². The third-order valence-electron chi connectivity index (χ3n) is 5.16. The Bertz CT molecular complexity index is 1090. The van der Waals surface area contributed by atoms with Crippen LogP contribution in [0.5, 0.6) is 0 Å². The number of aromatic amines is 1. The highest BCUT2D eigenvalue weighted by Crippen LogP contribution is 2.25. The molecule has 0 spiro atoms. The van der Waals surface area contributed by atoms with Crippen LogP contribution in [-0.2, 0) is 19.5 Å². The van der Waals surface area contributed by atoms with E-state index < -0.39 is 21.9 Å². The van der Waals surface area contributed by atoms with Crippen molar-refractivity contribution in [3.63, 3.8) is 0 Å². The van der Waals surface area contributed by atoms with Crippen molar-refractivity contribution in [3.05, 3.63) is 46.3 Å². The van der Waals surface area contributed by atoms with Crippen LogP contribution in [-0.4, -0.2) is 63.0 Å². The second kappa shape index (κ2) is 10.8. The number of hydrogen-bond acceptors (Lipinski definition) is 6. The monoisotopic (exact) mass is 465 g/mol. The molecule has 2 N–H and O–H groups in total. The second-order valence-corrected chi connectivity index (χ2v) is 9.18. The quantitative estimate of drug-likeness (QED) is 0.411. The smallest absolute Gasteiger partial charge is 0.340 e. The van der Waals surface area contributed by atoms with E-state index in [0.29, 0.717) is 41.2 Å². The highest BCUT2D eigenvalue weighted by atomic mass is 32.2. The number of hydrogen-bond donors (Lipinski definition) is 2. The number of nitrogens with one attached hydrogen (secondary N) is 2. The third-order valence-corrected chi connectivity index (χ3v) is 7.35. The fourth-order valence-electron chi connectivity index (χ4n) is 3.43. The number of amides is 1. The van der Waals surface area contributed by atoms with Gasteiger partial charge in [0.2, 0.25) is 10.0 Å². The Labute approximate surface area is 189 Å². The molecule has 0 unspecified atom stereocenters. The molecule has 1 aromatic heterocycles. The maximum Gasteiger partial charge on any atom is 0.340 e. The van der Waals surface area contributed by atoms with Gasteiger partial charge in [0.05, 0.1) is 17.1 Å². The van der Waals surface area contributed by atoms with Crippen LogP contribution in [0.15, 0.2) is 23.1 Å². The summed E-state index contributed by atoms with van der Waals surface area (Å²) in [6.45, 7) is 9.66. The molecule has 2 rings (SSSR count). The first-order valence-electron chi connectivity index (χ1n) is 10.4. The first-order chi connectivity index (χ1) is 15.1. The van der Waals surface area contributed by atoms with Crippen molar-refractivity contribution in [1.29, 1.82) is 0 Å². The minimum Gasteiger partial charge on any atom is -0.460 e. The summed E-state index contributed by atoms with van der Waals surface area (Å²) in [7, 11) is -2.18. The molecule has 0 atom stereocenters. The van der Waals surface area contributed by atoms with E-state index in [2.05, 4.69) is 10.3 Å². The van der Waals surface area contributed by atoms with Crippen molar-refractivity contribution >= 4 is 27.6 Å². The summed E-state index contributed by atoms with van der Waals surface area (Å²) in [6.07, 6.45) is 0. The van der Waals surface area contributed by atoms with Crippen molar-refractivity contribution in [2.75, 3.05) is 38.7 Å². The van der Waals surface area contributed by atoms with E-state index in [1.807, 2.05) is 0 Å². The van der Waals surface area contributed by atoms with E-state index in [1.165, 1.54) is 17.5 Å². The lowest BCUT2D eigenvalue weighted by atomic mass is 10.1. The van der Waals surface area contributed by atoms with Crippen molar-refractivity contribution in [2.24, 2.45) is 0 Å². The largest absolute Gasteiger partial charge is 0.460 e. The van der Waals surface area contributed by atoms with Gasteiger partial charge < -0.3 is 19.8 Å². The lowest BCUT2D eigenvalue weighted by molar-refractivity contribution is 0.0386. The molecular formula is C22H31N3O6S. The third kappa shape index (κ3) is 5.37. The Morgan fingerprint density at radius 3 is 2.34 bits per heavy atom. The van der Waals surface area contributed by atoms with Crippen molar-refractivity contribution in [2.45, 2.75) is 39.5 Å². The van der Waals surface area contributed by atoms with Crippen LogP contribution in [0.3, 0.4) is 0 Å². The van der Waals surface area contributed by atoms with Crippen LogP contribution in [0, 0.1) is 20.8 Å². The van der Waals surface area contributed by atoms with Gasteiger partial charge in [-0.15, -0.1) is 0 Å². The zero-order valence-corrected chi connectivity index (χ0v) is 20.2. The molecule has 32 heavy (non-hydrogen) atoms. The Hall–Kier alpha value is -2.69. The van der Waals surface area contributed by atoms with Crippen molar-refractivity contribution in [3.8, 4) is 0 Å². The molecule has 1 amide bonds. The van der Waals surface area contributed by atoms with Crippen LogP contribution < -0.4 is 5.32 Å². The Balaban J connectivity index is 2.31. The number of nitrogens with zero attached hydrogens (tertiary/aromatic N) is 1. The number of benzene rings is 1. The molecular weight excluding hydrogens is 434 g/mol. The molecule has 0 aliphatic rings. The molecule has 0 fully saturated rings. The van der Waals surface area contributed by atoms with E-state index in [-0.39, 0.29) is 23.8 Å². The van der Waals surface area contributed by atoms with Crippen molar-refractivity contribution < 1.29 is 27.5 Å². The Kier molecular flexibility index (Phi) is 8.59. The number of aryl methyl sites for hydroxylation is 2. The molecule has 1 aromatic carbocycles. The van der Waals surface area contributed by atoms with Gasteiger partial charge in [-0.05, 0) is 44.0 Å². The minimum atomic E-state index is -3.69. The molecule has 0 saturated carbocycles. The van der Waals surface area contributed by atoms with Crippen LogP contribution >= 0.6 is 0 Å². The fraction of sp³-hybridized carbons (Fsp3) is 0.455. The molecule has 2 aromatic rings. The minimum absolute atomic E-state index is 0.105. The number of sulfonamides is 1. The lowest BCUT2D eigenvalue weighted by Gasteiger charge is -2.20. The first kappa shape index (κ1) is 25.6. The van der Waals surface area contributed by atoms with Gasteiger partial charge in [-0.2, -0.15) is 4.31 Å². The molecule has 0 radical (unpaired) electrons. The number of esters is 1. The van der Waals surface area contributed by atoms with Gasteiger partial charge in [-0.25, -0.2) is 13.2 Å². The zero-order valence-electron chi connectivity index (χ0n) is 19.4. The van der Waals surface area contributed by atoms with Gasteiger partial charge in [0, 0.05) is 31.6 Å². The SMILES string of the molecule is CCN(CC)S(=O)(=O)c1cc(NC(=O)c2[nH]c(C)c(C(=O)OCCOC)c2C)ccc1C. The van der Waals surface area contributed by atoms with Crippen LogP contribution in [0.4, 0.5) is 5.69 Å². The van der Waals surface area contributed by atoms with E-state index in [0.717, 1.165) is 0 Å². The number of anilines is 1. The fourth-order valence-corrected chi connectivity index (χ4v) is 5.13. The predicted molar refractivity (Wildman–Crippen MR) is 122 cm³/mol. The molecule has 0 aliphatic heterocycles. The molecule has 176 valence electrons. The summed E-state index contributed by atoms with van der Waals surface area (Å²) in [5.41, 5.74) is 2.37. The Morgan fingerprint density at radius 2 is 1.75 bits per heavy atom. The van der Waals surface area contributed by atoms with E-state index in [4.69, 9.17) is 9.47 Å². The molecule has 0 bridgehead atoms. The normalized spacial score (nSPS) is 11.6. The van der Waals surface area contributed by atoms with Gasteiger partial charge in [-0.3, -0.25) is 4.79 Å². The predicted octanol–water partition coefficient (Wildman–Crippen LogP) is 3.03. The molecule has 9 nitrogen and oxygen atoms in total. The van der Waals surface area contributed by atoms with Gasteiger partial charge in [0.1, 0.15) is 12.3 Å². The number of ether oxygens (including phenoxy) is 2. The molecule has 0 saturated heterocycles. The van der Waals surface area contributed by atoms with E-state index >= 15 is 0 Å². The number of H-pyrrole nitrogens is 1. The lowest BCUT2D eigenvalue weighted by Crippen LogP contribution is -2.31. The molecule has 10 heteroatoms. The number of carbonyl (C=O) groups is 2. The van der Waals surface area contributed by atoms with Crippen molar-refractivity contribution in [1.82, 2.24) is 9.29 Å². The zero-order chi connectivity index (χ0) is 24.1. The Morgan fingerprint density at radius 1 is 1.09 bits per heavy atom. The number of aromatic nitrogens is 1. The summed E-state index contributed by atoms with van der Waals surface area (Å²) in [4.78, 5) is 28.3. The summed E-state index contributed by atoms with van der Waals surface area (Å²) >= 11 is 0. The van der Waals surface area contributed by atoms with Gasteiger partial charge in [0.15, 0.2) is 0 Å². The van der Waals surface area contributed by atoms with Gasteiger partial charge in [-0.1, -0.05) is 19.9 Å². The number of rotatable bonds is 10. The van der Waals surface area contributed by atoms with Crippen LogP contribution in [0.1, 0.15) is 51.5 Å². The maximum atomic E-state index is 13.0. The summed E-state index contributed by atoms with van der Waals surface area (Å²) in [5, 5.41) is 2.72. The average Bonchev–Trinajstić information content (AvgIpc) is 3.04. The van der Waals surface area contributed by atoms with Gasteiger partial charge in [0.25, 0.3) is 5.91 Å². The highest BCUT2D eigenvalue weighted by Gasteiger charge is 2.26. The second-order valence-electron chi connectivity index (χ2n) is 7.28. The molecule has 0 aliphatic carbocycles. The summed E-state index contributed by atoms with van der Waals surface area (Å²) < 4.78 is 37.3. The number of methoxy groups -OCH3 is 1.